The minimum absolute atomic E-state index is 0.0442. The van der Waals surface area contributed by atoms with Crippen molar-refractivity contribution in [2.75, 3.05) is 5.32 Å². The van der Waals surface area contributed by atoms with Crippen molar-refractivity contribution in [1.29, 1.82) is 0 Å². The maximum atomic E-state index is 13.0. The van der Waals surface area contributed by atoms with E-state index in [1.807, 2.05) is 0 Å². The lowest BCUT2D eigenvalue weighted by Gasteiger charge is -2.14. The van der Waals surface area contributed by atoms with Crippen molar-refractivity contribution < 1.29 is 18.7 Å². The summed E-state index contributed by atoms with van der Waals surface area (Å²) in [5.41, 5.74) is 0.828. The summed E-state index contributed by atoms with van der Waals surface area (Å²) < 4.78 is 18.1. The predicted molar refractivity (Wildman–Crippen MR) is 95.8 cm³/mol. The first kappa shape index (κ1) is 19.5. The lowest BCUT2D eigenvalue weighted by atomic mass is 10.1. The molecule has 0 unspecified atom stereocenters. The maximum Gasteiger partial charge on any atom is 0.311 e. The van der Waals surface area contributed by atoms with Crippen molar-refractivity contribution in [2.45, 2.75) is 19.4 Å². The molecule has 1 amide bonds. The van der Waals surface area contributed by atoms with Gasteiger partial charge < -0.3 is 10.1 Å². The van der Waals surface area contributed by atoms with Crippen LogP contribution < -0.4 is 5.32 Å². The third kappa shape index (κ3) is 5.59. The molecule has 0 saturated heterocycles. The third-order valence-corrected chi connectivity index (χ3v) is 4.25. The zero-order valence-electron chi connectivity index (χ0n) is 13.0. The molecule has 0 saturated carbocycles. The summed E-state index contributed by atoms with van der Waals surface area (Å²) in [6, 6.07) is 8.30. The second-order valence-electron chi connectivity index (χ2n) is 5.17. The second kappa shape index (κ2) is 8.52. The van der Waals surface area contributed by atoms with E-state index in [0.717, 1.165) is 12.1 Å². The number of halogens is 4. The van der Waals surface area contributed by atoms with E-state index in [0.29, 0.717) is 15.6 Å². The highest BCUT2D eigenvalue weighted by Gasteiger charge is 2.19. The van der Waals surface area contributed by atoms with Crippen LogP contribution >= 0.6 is 34.8 Å². The smallest absolute Gasteiger partial charge is 0.311 e. The Balaban J connectivity index is 1.93. The van der Waals surface area contributed by atoms with Gasteiger partial charge in [-0.25, -0.2) is 4.39 Å². The van der Waals surface area contributed by atoms with Crippen LogP contribution in [0.15, 0.2) is 36.4 Å². The summed E-state index contributed by atoms with van der Waals surface area (Å²) >= 11 is 17.5. The predicted octanol–water partition coefficient (Wildman–Crippen LogP) is 4.90. The zero-order valence-corrected chi connectivity index (χ0v) is 15.3. The molecule has 0 bridgehead atoms. The van der Waals surface area contributed by atoms with Crippen molar-refractivity contribution in [1.82, 2.24) is 0 Å². The van der Waals surface area contributed by atoms with Gasteiger partial charge in [-0.15, -0.1) is 0 Å². The average Bonchev–Trinajstić information content (AvgIpc) is 2.53. The molecule has 132 valence electrons. The molecule has 2 rings (SSSR count). The number of carbonyl (C=O) groups is 2. The second-order valence-corrected chi connectivity index (χ2v) is 6.39. The van der Waals surface area contributed by atoms with Crippen LogP contribution in [-0.4, -0.2) is 18.0 Å². The molecule has 0 spiro atoms. The number of anilines is 1. The quantitative estimate of drug-likeness (QED) is 0.721. The van der Waals surface area contributed by atoms with Crippen molar-refractivity contribution >= 4 is 52.4 Å². The molecule has 0 fully saturated rings. The van der Waals surface area contributed by atoms with Crippen molar-refractivity contribution in [3.8, 4) is 0 Å². The Kier molecular flexibility index (Phi) is 6.64. The number of esters is 1. The average molecular weight is 405 g/mol. The first-order chi connectivity index (χ1) is 11.8. The van der Waals surface area contributed by atoms with Gasteiger partial charge in [0.25, 0.3) is 5.91 Å². The molecule has 1 atom stereocenters. The van der Waals surface area contributed by atoms with Crippen molar-refractivity contribution in [3.05, 3.63) is 62.8 Å². The van der Waals surface area contributed by atoms with Gasteiger partial charge in [0.15, 0.2) is 6.10 Å². The normalized spacial score (nSPS) is 11.7. The molecular formula is C17H13Cl3FNO3. The first-order valence-corrected chi connectivity index (χ1v) is 8.29. The fourth-order valence-corrected chi connectivity index (χ4v) is 2.47. The van der Waals surface area contributed by atoms with E-state index < -0.39 is 23.8 Å². The first-order valence-electron chi connectivity index (χ1n) is 7.15. The molecule has 0 aliphatic carbocycles. The number of rotatable bonds is 5. The molecule has 1 N–H and O–H groups in total. The Morgan fingerprint density at radius 3 is 2.44 bits per heavy atom. The Labute approximate surface area is 158 Å². The Hall–Kier alpha value is -1.82. The molecule has 8 heteroatoms. The highest BCUT2D eigenvalue weighted by molar-refractivity contribution is 6.42. The van der Waals surface area contributed by atoms with E-state index in [4.69, 9.17) is 39.5 Å². The van der Waals surface area contributed by atoms with Gasteiger partial charge in [0.1, 0.15) is 5.82 Å². The number of amides is 1. The summed E-state index contributed by atoms with van der Waals surface area (Å²) in [6.45, 7) is 1.42. The van der Waals surface area contributed by atoms with Crippen LogP contribution in [0.25, 0.3) is 0 Å². The monoisotopic (exact) mass is 403 g/mol. The molecular weight excluding hydrogens is 392 g/mol. The van der Waals surface area contributed by atoms with Gasteiger partial charge in [0, 0.05) is 0 Å². The van der Waals surface area contributed by atoms with Crippen LogP contribution in [0.1, 0.15) is 12.5 Å². The summed E-state index contributed by atoms with van der Waals surface area (Å²) in [5, 5.41) is 3.21. The van der Waals surface area contributed by atoms with Crippen LogP contribution in [0.2, 0.25) is 15.1 Å². The SMILES string of the molecule is C[C@@H](OC(=O)Cc1ccc(Cl)c(Cl)c1)C(=O)Nc1ccc(F)cc1Cl. The van der Waals surface area contributed by atoms with Gasteiger partial charge >= 0.3 is 5.97 Å². The van der Waals surface area contributed by atoms with E-state index in [1.165, 1.54) is 13.0 Å². The van der Waals surface area contributed by atoms with Crippen LogP contribution in [0.4, 0.5) is 10.1 Å². The van der Waals surface area contributed by atoms with Crippen LogP contribution in [0.3, 0.4) is 0 Å². The van der Waals surface area contributed by atoms with E-state index in [1.54, 1.807) is 18.2 Å². The van der Waals surface area contributed by atoms with Gasteiger partial charge in [-0.2, -0.15) is 0 Å². The lowest BCUT2D eigenvalue weighted by molar-refractivity contribution is -0.152. The van der Waals surface area contributed by atoms with Gasteiger partial charge in [0.2, 0.25) is 0 Å². The third-order valence-electron chi connectivity index (χ3n) is 3.20. The largest absolute Gasteiger partial charge is 0.452 e. The van der Waals surface area contributed by atoms with Crippen molar-refractivity contribution in [2.24, 2.45) is 0 Å². The number of benzene rings is 2. The van der Waals surface area contributed by atoms with E-state index in [-0.39, 0.29) is 17.1 Å². The molecule has 2 aromatic rings. The lowest BCUT2D eigenvalue weighted by Crippen LogP contribution is -2.30. The van der Waals surface area contributed by atoms with Crippen LogP contribution in [-0.2, 0) is 20.7 Å². The summed E-state index contributed by atoms with van der Waals surface area (Å²) in [7, 11) is 0. The summed E-state index contributed by atoms with van der Waals surface area (Å²) in [5.74, 6) is -1.72. The van der Waals surface area contributed by atoms with E-state index in [9.17, 15) is 14.0 Å². The molecule has 2 aromatic carbocycles. The van der Waals surface area contributed by atoms with E-state index in [2.05, 4.69) is 5.32 Å². The van der Waals surface area contributed by atoms with Gasteiger partial charge in [-0.1, -0.05) is 40.9 Å². The number of carbonyl (C=O) groups excluding carboxylic acids is 2. The standard InChI is InChI=1S/C17H13Cl3FNO3/c1-9(17(24)22-15-5-3-11(21)8-14(15)20)25-16(23)7-10-2-4-12(18)13(19)6-10/h2-6,8-9H,7H2,1H3,(H,22,24)/t9-/m1/s1. The fourth-order valence-electron chi connectivity index (χ4n) is 1.93. The van der Waals surface area contributed by atoms with Crippen LogP contribution in [0.5, 0.6) is 0 Å². The minimum Gasteiger partial charge on any atom is -0.452 e. The van der Waals surface area contributed by atoms with Gasteiger partial charge in [-0.3, -0.25) is 9.59 Å². The highest BCUT2D eigenvalue weighted by atomic mass is 35.5. The Morgan fingerprint density at radius 1 is 1.08 bits per heavy atom. The number of ether oxygens (including phenoxy) is 1. The highest BCUT2D eigenvalue weighted by Crippen LogP contribution is 2.24. The van der Waals surface area contributed by atoms with Crippen LogP contribution in [0, 0.1) is 5.82 Å². The summed E-state index contributed by atoms with van der Waals surface area (Å²) in [6.07, 6.45) is -1.12. The summed E-state index contributed by atoms with van der Waals surface area (Å²) in [4.78, 5) is 24.0. The molecule has 0 aromatic heterocycles. The van der Waals surface area contributed by atoms with Crippen molar-refractivity contribution in [3.63, 3.8) is 0 Å². The Morgan fingerprint density at radius 2 is 1.80 bits per heavy atom. The molecule has 0 aliphatic heterocycles. The number of nitrogens with one attached hydrogen (secondary N) is 1. The number of hydrogen-bond donors (Lipinski definition) is 1. The number of hydrogen-bond acceptors (Lipinski definition) is 3. The maximum absolute atomic E-state index is 13.0. The Bertz CT molecular complexity index is 814. The topological polar surface area (TPSA) is 55.4 Å². The molecule has 0 aliphatic rings. The molecule has 4 nitrogen and oxygen atoms in total. The fraction of sp³-hybridized carbons (Fsp3) is 0.176. The molecule has 0 heterocycles. The molecule has 25 heavy (non-hydrogen) atoms. The minimum atomic E-state index is -1.06. The van der Waals surface area contributed by atoms with Gasteiger partial charge in [-0.05, 0) is 42.8 Å². The van der Waals surface area contributed by atoms with Gasteiger partial charge in [0.05, 0.1) is 27.2 Å². The zero-order chi connectivity index (χ0) is 18.6. The van der Waals surface area contributed by atoms with E-state index >= 15 is 0 Å². The molecule has 0 radical (unpaired) electrons.